The van der Waals surface area contributed by atoms with E-state index in [1.807, 2.05) is 25.1 Å². The lowest BCUT2D eigenvalue weighted by Gasteiger charge is -2.09. The first kappa shape index (κ1) is 14.2. The molecule has 0 fully saturated rings. The van der Waals surface area contributed by atoms with E-state index in [0.29, 0.717) is 5.69 Å². The Labute approximate surface area is 131 Å². The smallest absolute Gasteiger partial charge is 0.261 e. The molecular weight excluding hydrogens is 352 g/mol. The van der Waals surface area contributed by atoms with Crippen molar-refractivity contribution in [3.63, 3.8) is 0 Å². The van der Waals surface area contributed by atoms with Crippen LogP contribution in [-0.4, -0.2) is 13.4 Å². The van der Waals surface area contributed by atoms with Crippen LogP contribution in [0.3, 0.4) is 0 Å². The quantitative estimate of drug-likeness (QED) is 0.736. The van der Waals surface area contributed by atoms with E-state index in [4.69, 9.17) is 0 Å². The Morgan fingerprint density at radius 2 is 1.81 bits per heavy atom. The minimum absolute atomic E-state index is 0.231. The molecule has 0 atom stereocenters. The van der Waals surface area contributed by atoms with E-state index >= 15 is 0 Å². The monoisotopic (exact) mass is 364 g/mol. The molecule has 0 radical (unpaired) electrons. The maximum absolute atomic E-state index is 12.4. The number of hydrogen-bond donors (Lipinski definition) is 2. The zero-order valence-electron chi connectivity index (χ0n) is 11.2. The fraction of sp³-hybridized carbons (Fsp3) is 0.0667. The highest BCUT2D eigenvalue weighted by Gasteiger charge is 2.15. The lowest BCUT2D eigenvalue weighted by atomic mass is 10.2. The van der Waals surface area contributed by atoms with Crippen LogP contribution in [-0.2, 0) is 10.0 Å². The molecule has 0 bridgehead atoms. The van der Waals surface area contributed by atoms with Crippen LogP contribution >= 0.6 is 15.9 Å². The SMILES string of the molecule is Cc1cc2c(NS(=O)(=O)c3ccc(Br)cc3)cccc2[nH]1. The number of halogens is 1. The van der Waals surface area contributed by atoms with Gasteiger partial charge in [-0.25, -0.2) is 8.42 Å². The number of aromatic nitrogens is 1. The van der Waals surface area contributed by atoms with E-state index < -0.39 is 10.0 Å². The summed E-state index contributed by atoms with van der Waals surface area (Å²) in [5, 5.41) is 0.857. The number of benzene rings is 2. The minimum atomic E-state index is -3.60. The summed E-state index contributed by atoms with van der Waals surface area (Å²) in [5.74, 6) is 0. The maximum Gasteiger partial charge on any atom is 0.261 e. The minimum Gasteiger partial charge on any atom is -0.359 e. The molecule has 3 aromatic rings. The van der Waals surface area contributed by atoms with Gasteiger partial charge in [-0.2, -0.15) is 0 Å². The molecule has 0 aliphatic carbocycles. The van der Waals surface area contributed by atoms with Gasteiger partial charge in [0, 0.05) is 21.1 Å². The van der Waals surface area contributed by atoms with Crippen LogP contribution in [0.2, 0.25) is 0 Å². The Hall–Kier alpha value is -1.79. The third-order valence-electron chi connectivity index (χ3n) is 3.17. The lowest BCUT2D eigenvalue weighted by Crippen LogP contribution is -2.12. The fourth-order valence-electron chi connectivity index (χ4n) is 2.20. The van der Waals surface area contributed by atoms with Crippen molar-refractivity contribution in [1.29, 1.82) is 0 Å². The second-order valence-corrected chi connectivity index (χ2v) is 7.38. The van der Waals surface area contributed by atoms with Gasteiger partial charge in [0.05, 0.1) is 10.6 Å². The molecule has 2 aromatic carbocycles. The van der Waals surface area contributed by atoms with E-state index in [2.05, 4.69) is 25.6 Å². The lowest BCUT2D eigenvalue weighted by molar-refractivity contribution is 0.601. The van der Waals surface area contributed by atoms with Crippen molar-refractivity contribution in [2.45, 2.75) is 11.8 Å². The van der Waals surface area contributed by atoms with Crippen molar-refractivity contribution in [1.82, 2.24) is 4.98 Å². The number of aromatic amines is 1. The van der Waals surface area contributed by atoms with E-state index in [0.717, 1.165) is 21.1 Å². The molecule has 0 amide bonds. The number of hydrogen-bond acceptors (Lipinski definition) is 2. The van der Waals surface area contributed by atoms with Crippen LogP contribution in [0.15, 0.2) is 57.9 Å². The fourth-order valence-corrected chi connectivity index (χ4v) is 3.55. The summed E-state index contributed by atoms with van der Waals surface area (Å²) in [6, 6.07) is 14.0. The van der Waals surface area contributed by atoms with Gasteiger partial charge in [0.2, 0.25) is 0 Å². The predicted molar refractivity (Wildman–Crippen MR) is 88.0 cm³/mol. The Bertz CT molecular complexity index is 899. The van der Waals surface area contributed by atoms with Crippen LogP contribution in [0, 0.1) is 6.92 Å². The number of rotatable bonds is 3. The maximum atomic E-state index is 12.4. The summed E-state index contributed by atoms with van der Waals surface area (Å²) in [6.45, 7) is 1.94. The number of sulfonamides is 1. The Morgan fingerprint density at radius 1 is 1.10 bits per heavy atom. The number of fused-ring (bicyclic) bond motifs is 1. The predicted octanol–water partition coefficient (Wildman–Crippen LogP) is 4.04. The Morgan fingerprint density at radius 3 is 2.52 bits per heavy atom. The highest BCUT2D eigenvalue weighted by atomic mass is 79.9. The van der Waals surface area contributed by atoms with Gasteiger partial charge in [0.15, 0.2) is 0 Å². The van der Waals surface area contributed by atoms with Gasteiger partial charge >= 0.3 is 0 Å². The van der Waals surface area contributed by atoms with Gasteiger partial charge in [-0.1, -0.05) is 22.0 Å². The van der Waals surface area contributed by atoms with Crippen molar-refractivity contribution in [3.8, 4) is 0 Å². The molecule has 21 heavy (non-hydrogen) atoms. The van der Waals surface area contributed by atoms with E-state index in [1.165, 1.54) is 0 Å². The summed E-state index contributed by atoms with van der Waals surface area (Å²) in [7, 11) is -3.60. The molecule has 0 saturated carbocycles. The Balaban J connectivity index is 2.03. The molecule has 4 nitrogen and oxygen atoms in total. The molecule has 0 aliphatic rings. The number of H-pyrrole nitrogens is 1. The molecular formula is C15H13BrN2O2S. The van der Waals surface area contributed by atoms with E-state index in [1.54, 1.807) is 30.3 Å². The van der Waals surface area contributed by atoms with Crippen molar-refractivity contribution < 1.29 is 8.42 Å². The average Bonchev–Trinajstić information content (AvgIpc) is 2.80. The summed E-state index contributed by atoms with van der Waals surface area (Å²) < 4.78 is 28.3. The van der Waals surface area contributed by atoms with Crippen LogP contribution in [0.4, 0.5) is 5.69 Å². The third kappa shape index (κ3) is 2.82. The van der Waals surface area contributed by atoms with Gasteiger partial charge in [0.1, 0.15) is 0 Å². The molecule has 0 saturated heterocycles. The van der Waals surface area contributed by atoms with Crippen molar-refractivity contribution in [3.05, 3.63) is 58.7 Å². The highest BCUT2D eigenvalue weighted by Crippen LogP contribution is 2.26. The molecule has 0 spiro atoms. The second kappa shape index (κ2) is 5.20. The highest BCUT2D eigenvalue weighted by molar-refractivity contribution is 9.10. The van der Waals surface area contributed by atoms with Crippen molar-refractivity contribution in [2.24, 2.45) is 0 Å². The summed E-state index contributed by atoms with van der Waals surface area (Å²) in [5.41, 5.74) is 2.46. The molecule has 6 heteroatoms. The molecule has 0 aliphatic heterocycles. The second-order valence-electron chi connectivity index (χ2n) is 4.78. The van der Waals surface area contributed by atoms with Crippen LogP contribution in [0.5, 0.6) is 0 Å². The van der Waals surface area contributed by atoms with Crippen LogP contribution in [0.25, 0.3) is 10.9 Å². The zero-order chi connectivity index (χ0) is 15.0. The van der Waals surface area contributed by atoms with E-state index in [-0.39, 0.29) is 4.90 Å². The first-order valence-electron chi connectivity index (χ1n) is 6.32. The molecule has 1 heterocycles. The Kier molecular flexibility index (Phi) is 3.51. The molecule has 0 unspecified atom stereocenters. The zero-order valence-corrected chi connectivity index (χ0v) is 13.6. The van der Waals surface area contributed by atoms with Crippen molar-refractivity contribution >= 4 is 42.5 Å². The molecule has 2 N–H and O–H groups in total. The summed E-state index contributed by atoms with van der Waals surface area (Å²) in [6.07, 6.45) is 0. The summed E-state index contributed by atoms with van der Waals surface area (Å²) >= 11 is 3.29. The van der Waals surface area contributed by atoms with Gasteiger partial charge in [-0.15, -0.1) is 0 Å². The van der Waals surface area contributed by atoms with Gasteiger partial charge < -0.3 is 4.98 Å². The molecule has 1 aromatic heterocycles. The number of aryl methyl sites for hydroxylation is 1. The first-order chi connectivity index (χ1) is 9.95. The van der Waals surface area contributed by atoms with Crippen molar-refractivity contribution in [2.75, 3.05) is 4.72 Å². The number of anilines is 1. The topological polar surface area (TPSA) is 62.0 Å². The third-order valence-corrected chi connectivity index (χ3v) is 5.08. The van der Waals surface area contributed by atoms with E-state index in [9.17, 15) is 8.42 Å². The standard InChI is InChI=1S/C15H13BrN2O2S/c1-10-9-13-14(17-10)3-2-4-15(13)18-21(19,20)12-7-5-11(16)6-8-12/h2-9,17-18H,1H3. The molecule has 108 valence electrons. The van der Waals surface area contributed by atoms with Gasteiger partial charge in [-0.05, 0) is 49.4 Å². The average molecular weight is 365 g/mol. The summed E-state index contributed by atoms with van der Waals surface area (Å²) in [4.78, 5) is 3.42. The largest absolute Gasteiger partial charge is 0.359 e. The van der Waals surface area contributed by atoms with Gasteiger partial charge in [0.25, 0.3) is 10.0 Å². The van der Waals surface area contributed by atoms with Crippen LogP contribution in [0.1, 0.15) is 5.69 Å². The van der Waals surface area contributed by atoms with Crippen LogP contribution < -0.4 is 4.72 Å². The normalized spacial score (nSPS) is 11.7. The first-order valence-corrected chi connectivity index (χ1v) is 8.60. The number of nitrogens with one attached hydrogen (secondary N) is 2. The van der Waals surface area contributed by atoms with Gasteiger partial charge in [-0.3, -0.25) is 4.72 Å². The molecule has 3 rings (SSSR count).